The lowest BCUT2D eigenvalue weighted by Gasteiger charge is -2.27. The SMILES string of the molecule is CCOc1cc([C@H]2c3c(-c4ccccc4O)n[nH]c3C(=O)N2CCCOC)ccc1O. The molecule has 0 radical (unpaired) electrons. The number of hydrogen-bond acceptors (Lipinski definition) is 6. The molecule has 0 bridgehead atoms. The molecule has 0 aliphatic carbocycles. The second-order valence-corrected chi connectivity index (χ2v) is 7.29. The first-order chi connectivity index (χ1) is 15.1. The minimum atomic E-state index is -0.451. The van der Waals surface area contributed by atoms with E-state index in [1.165, 1.54) is 0 Å². The zero-order valence-corrected chi connectivity index (χ0v) is 17.5. The Kier molecular flexibility index (Phi) is 5.81. The Morgan fingerprint density at radius 2 is 1.97 bits per heavy atom. The highest BCUT2D eigenvalue weighted by Gasteiger charge is 2.42. The first-order valence-electron chi connectivity index (χ1n) is 10.2. The second kappa shape index (κ2) is 8.69. The summed E-state index contributed by atoms with van der Waals surface area (Å²) in [6, 6.07) is 11.5. The third kappa shape index (κ3) is 3.70. The van der Waals surface area contributed by atoms with E-state index in [-0.39, 0.29) is 17.4 Å². The predicted octanol–water partition coefficient (Wildman–Crippen LogP) is 3.47. The Balaban J connectivity index is 1.85. The molecule has 0 spiro atoms. The zero-order valence-electron chi connectivity index (χ0n) is 17.5. The van der Waals surface area contributed by atoms with Crippen LogP contribution in [0.4, 0.5) is 0 Å². The normalized spacial score (nSPS) is 15.4. The van der Waals surface area contributed by atoms with Gasteiger partial charge in [0.25, 0.3) is 5.91 Å². The maximum Gasteiger partial charge on any atom is 0.273 e. The number of phenolic OH excluding ortho intramolecular Hbond substituents is 2. The molecule has 1 amide bonds. The molecule has 1 aliphatic heterocycles. The third-order valence-electron chi connectivity index (χ3n) is 5.37. The molecule has 8 heteroatoms. The van der Waals surface area contributed by atoms with Gasteiger partial charge < -0.3 is 24.6 Å². The molecular weight excluding hydrogens is 398 g/mol. The van der Waals surface area contributed by atoms with Crippen molar-refractivity contribution in [2.24, 2.45) is 0 Å². The zero-order chi connectivity index (χ0) is 22.0. The van der Waals surface area contributed by atoms with Gasteiger partial charge in [0.1, 0.15) is 17.1 Å². The fourth-order valence-electron chi connectivity index (χ4n) is 4.00. The van der Waals surface area contributed by atoms with E-state index in [0.29, 0.717) is 54.4 Å². The molecule has 162 valence electrons. The number of aromatic nitrogens is 2. The van der Waals surface area contributed by atoms with Crippen LogP contribution < -0.4 is 4.74 Å². The standard InChI is InChI=1S/C23H25N3O5/c1-3-31-18-13-14(9-10-17(18)28)22-19-20(15-7-4-5-8-16(15)27)24-25-21(19)23(29)26(22)11-6-12-30-2/h4-5,7-10,13,22,27-28H,3,6,11-12H2,1-2H3,(H,24,25)/t22-/m0/s1. The van der Waals surface area contributed by atoms with Gasteiger partial charge in [0.15, 0.2) is 11.5 Å². The fourth-order valence-corrected chi connectivity index (χ4v) is 4.00. The minimum absolute atomic E-state index is 0.0363. The molecule has 1 atom stereocenters. The molecule has 0 saturated carbocycles. The van der Waals surface area contributed by atoms with Gasteiger partial charge in [0.2, 0.25) is 0 Å². The van der Waals surface area contributed by atoms with Crippen LogP contribution in [0.25, 0.3) is 11.3 Å². The topological polar surface area (TPSA) is 108 Å². The number of carbonyl (C=O) groups is 1. The Morgan fingerprint density at radius 1 is 1.16 bits per heavy atom. The van der Waals surface area contributed by atoms with Gasteiger partial charge in [-0.3, -0.25) is 9.89 Å². The Labute approximate surface area is 180 Å². The van der Waals surface area contributed by atoms with Crippen molar-refractivity contribution in [2.45, 2.75) is 19.4 Å². The first kappa shape index (κ1) is 20.7. The van der Waals surface area contributed by atoms with Crippen molar-refractivity contribution in [1.29, 1.82) is 0 Å². The van der Waals surface area contributed by atoms with Crippen molar-refractivity contribution >= 4 is 5.91 Å². The van der Waals surface area contributed by atoms with E-state index in [9.17, 15) is 15.0 Å². The summed E-state index contributed by atoms with van der Waals surface area (Å²) in [5.41, 5.74) is 2.93. The van der Waals surface area contributed by atoms with E-state index >= 15 is 0 Å². The predicted molar refractivity (Wildman–Crippen MR) is 114 cm³/mol. The lowest BCUT2D eigenvalue weighted by molar-refractivity contribution is 0.0723. The van der Waals surface area contributed by atoms with Crippen molar-refractivity contribution in [3.05, 3.63) is 59.3 Å². The van der Waals surface area contributed by atoms with Gasteiger partial charge in [-0.15, -0.1) is 0 Å². The molecule has 0 unspecified atom stereocenters. The summed E-state index contributed by atoms with van der Waals surface area (Å²) in [5.74, 6) is 0.303. The number of carbonyl (C=O) groups excluding carboxylic acids is 1. The van der Waals surface area contributed by atoms with Crippen LogP contribution in [-0.2, 0) is 4.74 Å². The van der Waals surface area contributed by atoms with Gasteiger partial charge in [-0.2, -0.15) is 5.10 Å². The second-order valence-electron chi connectivity index (χ2n) is 7.29. The Bertz CT molecular complexity index is 1090. The molecule has 3 aromatic rings. The van der Waals surface area contributed by atoms with Crippen LogP contribution in [0.3, 0.4) is 0 Å². The number of hydrogen-bond donors (Lipinski definition) is 3. The van der Waals surface area contributed by atoms with Crippen LogP contribution in [0.2, 0.25) is 0 Å². The number of rotatable bonds is 8. The fraction of sp³-hybridized carbons (Fsp3) is 0.304. The van der Waals surface area contributed by atoms with Crippen LogP contribution >= 0.6 is 0 Å². The number of benzene rings is 2. The minimum Gasteiger partial charge on any atom is -0.507 e. The maximum atomic E-state index is 13.3. The molecular formula is C23H25N3O5. The Morgan fingerprint density at radius 3 is 2.71 bits per heavy atom. The van der Waals surface area contributed by atoms with E-state index in [1.54, 1.807) is 48.4 Å². The van der Waals surface area contributed by atoms with Gasteiger partial charge in [0.05, 0.1) is 12.6 Å². The average molecular weight is 423 g/mol. The third-order valence-corrected chi connectivity index (χ3v) is 5.37. The number of aromatic amines is 1. The number of nitrogens with zero attached hydrogens (tertiary/aromatic N) is 2. The van der Waals surface area contributed by atoms with E-state index in [2.05, 4.69) is 10.2 Å². The van der Waals surface area contributed by atoms with E-state index in [1.807, 2.05) is 13.0 Å². The van der Waals surface area contributed by atoms with Crippen molar-refractivity contribution in [3.63, 3.8) is 0 Å². The summed E-state index contributed by atoms with van der Waals surface area (Å²) in [6.45, 7) is 3.24. The summed E-state index contributed by atoms with van der Waals surface area (Å²) >= 11 is 0. The molecule has 1 aromatic heterocycles. The quantitative estimate of drug-likeness (QED) is 0.479. The molecule has 8 nitrogen and oxygen atoms in total. The van der Waals surface area contributed by atoms with E-state index in [0.717, 1.165) is 5.56 Å². The molecule has 4 rings (SSSR count). The van der Waals surface area contributed by atoms with Gasteiger partial charge in [-0.25, -0.2) is 0 Å². The van der Waals surface area contributed by atoms with Crippen molar-refractivity contribution in [1.82, 2.24) is 15.1 Å². The number of phenols is 2. The van der Waals surface area contributed by atoms with Crippen molar-refractivity contribution in [3.8, 4) is 28.5 Å². The molecule has 0 fully saturated rings. The average Bonchev–Trinajstić information content (AvgIpc) is 3.30. The largest absolute Gasteiger partial charge is 0.507 e. The van der Waals surface area contributed by atoms with Crippen LogP contribution in [0.5, 0.6) is 17.2 Å². The maximum absolute atomic E-state index is 13.3. The van der Waals surface area contributed by atoms with Crippen LogP contribution in [0.15, 0.2) is 42.5 Å². The van der Waals surface area contributed by atoms with E-state index < -0.39 is 6.04 Å². The van der Waals surface area contributed by atoms with Gasteiger partial charge >= 0.3 is 0 Å². The molecule has 0 saturated heterocycles. The summed E-state index contributed by atoms with van der Waals surface area (Å²) in [4.78, 5) is 15.0. The number of para-hydroxylation sites is 1. The summed E-state index contributed by atoms with van der Waals surface area (Å²) in [7, 11) is 1.63. The van der Waals surface area contributed by atoms with Gasteiger partial charge in [0, 0.05) is 31.4 Å². The van der Waals surface area contributed by atoms with Crippen molar-refractivity contribution < 1.29 is 24.5 Å². The number of aromatic hydroxyl groups is 2. The highest BCUT2D eigenvalue weighted by Crippen LogP contribution is 2.45. The van der Waals surface area contributed by atoms with Crippen molar-refractivity contribution in [2.75, 3.05) is 26.9 Å². The number of ether oxygens (including phenoxy) is 2. The summed E-state index contributed by atoms with van der Waals surface area (Å²) < 4.78 is 10.7. The molecule has 1 aliphatic rings. The number of fused-ring (bicyclic) bond motifs is 1. The van der Waals surface area contributed by atoms with E-state index in [4.69, 9.17) is 9.47 Å². The van der Waals surface area contributed by atoms with Gasteiger partial charge in [-0.1, -0.05) is 18.2 Å². The number of H-pyrrole nitrogens is 1. The number of methoxy groups -OCH3 is 1. The summed E-state index contributed by atoms with van der Waals surface area (Å²) in [5, 5.41) is 27.8. The van der Waals surface area contributed by atoms with Crippen LogP contribution in [0, 0.1) is 0 Å². The van der Waals surface area contributed by atoms with Gasteiger partial charge in [-0.05, 0) is 43.2 Å². The Hall–Kier alpha value is -3.52. The highest BCUT2D eigenvalue weighted by molar-refractivity contribution is 6.00. The highest BCUT2D eigenvalue weighted by atomic mass is 16.5. The monoisotopic (exact) mass is 423 g/mol. The first-order valence-corrected chi connectivity index (χ1v) is 10.2. The number of nitrogens with one attached hydrogen (secondary N) is 1. The number of amides is 1. The lowest BCUT2D eigenvalue weighted by Crippen LogP contribution is -2.31. The lowest BCUT2D eigenvalue weighted by atomic mass is 9.95. The molecule has 3 N–H and O–H groups in total. The van der Waals surface area contributed by atoms with Crippen LogP contribution in [-0.4, -0.2) is 58.1 Å². The summed E-state index contributed by atoms with van der Waals surface area (Å²) in [6.07, 6.45) is 0.665. The molecule has 2 aromatic carbocycles. The van der Waals surface area contributed by atoms with Crippen LogP contribution in [0.1, 0.15) is 41.0 Å². The molecule has 31 heavy (non-hydrogen) atoms. The smallest absolute Gasteiger partial charge is 0.273 e. The molecule has 2 heterocycles.